The number of carbonyl (C=O) groups excluding carboxylic acids is 2. The average molecular weight is 484 g/mol. The van der Waals surface area contributed by atoms with Gasteiger partial charge in [-0.3, -0.25) is 9.78 Å². The van der Waals surface area contributed by atoms with Gasteiger partial charge in [0, 0.05) is 29.1 Å². The number of nitrogen functional groups attached to an aromatic ring is 1. The Hall–Kier alpha value is -3.69. The Morgan fingerprint density at radius 1 is 1.06 bits per heavy atom. The molecular weight excluding hydrogens is 465 g/mol. The fourth-order valence-electron chi connectivity index (χ4n) is 3.32. The van der Waals surface area contributed by atoms with Crippen molar-refractivity contribution in [1.82, 2.24) is 19.5 Å². The summed E-state index contributed by atoms with van der Waals surface area (Å²) >= 11 is 12.0. The molecule has 2 amide bonds. The van der Waals surface area contributed by atoms with Crippen LogP contribution in [0, 0.1) is 0 Å². The fraction of sp³-hybridized carbons (Fsp3) is 0.136. The predicted octanol–water partition coefficient (Wildman–Crippen LogP) is 5.17. The number of benzene rings is 1. The number of halogens is 2. The molecule has 0 fully saturated rings. The lowest BCUT2D eigenvalue weighted by Gasteiger charge is -2.10. The van der Waals surface area contributed by atoms with Crippen LogP contribution in [-0.2, 0) is 0 Å². The smallest absolute Gasteiger partial charge is 0.323 e. The summed E-state index contributed by atoms with van der Waals surface area (Å²) < 4.78 is 1.85. The summed E-state index contributed by atoms with van der Waals surface area (Å²) in [6.07, 6.45) is 4.48. The zero-order valence-electron chi connectivity index (χ0n) is 17.6. The molecule has 0 unspecified atom stereocenters. The second-order valence-electron chi connectivity index (χ2n) is 7.46. The number of urea groups is 1. The molecule has 9 nitrogen and oxygen atoms in total. The second kappa shape index (κ2) is 9.05. The number of nitrogens with zero attached hydrogens (tertiary/aromatic N) is 4. The zero-order chi connectivity index (χ0) is 23.7. The highest BCUT2D eigenvalue weighted by Crippen LogP contribution is 2.29. The number of fused-ring (bicyclic) bond motifs is 1. The van der Waals surface area contributed by atoms with Crippen LogP contribution in [0.25, 0.3) is 11.0 Å². The highest BCUT2D eigenvalue weighted by molar-refractivity contribution is 6.36. The number of nitrogens with one attached hydrogen (secondary N) is 2. The monoisotopic (exact) mass is 483 g/mol. The van der Waals surface area contributed by atoms with E-state index in [4.69, 9.17) is 28.9 Å². The summed E-state index contributed by atoms with van der Waals surface area (Å²) in [7, 11) is 0. The largest absolute Gasteiger partial charge is 0.383 e. The Balaban J connectivity index is 1.60. The van der Waals surface area contributed by atoms with Crippen LogP contribution in [0.2, 0.25) is 10.0 Å². The molecule has 4 rings (SSSR count). The van der Waals surface area contributed by atoms with Crippen molar-refractivity contribution in [2.45, 2.75) is 19.9 Å². The number of rotatable bonds is 5. The summed E-state index contributed by atoms with van der Waals surface area (Å²) in [6.45, 7) is 3.95. The summed E-state index contributed by atoms with van der Waals surface area (Å²) in [5, 5.41) is 6.51. The van der Waals surface area contributed by atoms with Crippen molar-refractivity contribution >= 4 is 63.2 Å². The number of aromatic nitrogens is 4. The molecule has 3 aromatic heterocycles. The molecule has 1 aromatic carbocycles. The molecule has 0 aliphatic heterocycles. The quantitative estimate of drug-likeness (QED) is 0.335. The number of pyridine rings is 1. The molecule has 168 valence electrons. The number of anilines is 3. The molecule has 0 radical (unpaired) electrons. The van der Waals surface area contributed by atoms with Crippen LogP contribution in [0.4, 0.5) is 22.0 Å². The van der Waals surface area contributed by atoms with Crippen LogP contribution in [0.3, 0.4) is 0 Å². The summed E-state index contributed by atoms with van der Waals surface area (Å²) in [4.78, 5) is 38.2. The first kappa shape index (κ1) is 22.5. The van der Waals surface area contributed by atoms with E-state index in [0.29, 0.717) is 38.0 Å². The fourth-order valence-corrected chi connectivity index (χ4v) is 3.78. The van der Waals surface area contributed by atoms with Crippen LogP contribution >= 0.6 is 23.2 Å². The minimum atomic E-state index is -0.544. The first-order chi connectivity index (χ1) is 15.7. The van der Waals surface area contributed by atoms with Gasteiger partial charge in [-0.2, -0.15) is 0 Å². The maximum atomic E-state index is 13.3. The van der Waals surface area contributed by atoms with Gasteiger partial charge in [-0.05, 0) is 44.2 Å². The molecule has 0 bridgehead atoms. The van der Waals surface area contributed by atoms with E-state index in [1.54, 1.807) is 24.4 Å². The van der Waals surface area contributed by atoms with Crippen molar-refractivity contribution in [3.8, 4) is 0 Å². The normalized spacial score (nSPS) is 11.1. The maximum absolute atomic E-state index is 13.3. The lowest BCUT2D eigenvalue weighted by atomic mass is 10.1. The van der Waals surface area contributed by atoms with Gasteiger partial charge >= 0.3 is 6.03 Å². The van der Waals surface area contributed by atoms with Crippen LogP contribution < -0.4 is 16.4 Å². The van der Waals surface area contributed by atoms with Crippen LogP contribution in [0.1, 0.15) is 35.9 Å². The molecule has 0 aliphatic rings. The molecule has 0 atom stereocenters. The van der Waals surface area contributed by atoms with E-state index < -0.39 is 6.03 Å². The molecular formula is C22H19Cl2N7O2. The van der Waals surface area contributed by atoms with Gasteiger partial charge in [0.05, 0.1) is 21.7 Å². The van der Waals surface area contributed by atoms with E-state index in [1.165, 1.54) is 24.7 Å². The van der Waals surface area contributed by atoms with Crippen LogP contribution in [-0.4, -0.2) is 31.3 Å². The van der Waals surface area contributed by atoms with Gasteiger partial charge in [-0.1, -0.05) is 23.2 Å². The first-order valence-electron chi connectivity index (χ1n) is 9.89. The number of amides is 2. The SMILES string of the molecule is CC(C)n1cc(C(=O)c2cc(NC(=O)Nc3ccc(Cl)cc3Cl)ccn2)c2c(N)ncnc21. The summed E-state index contributed by atoms with van der Waals surface area (Å²) in [6, 6.07) is 7.26. The van der Waals surface area contributed by atoms with Crippen molar-refractivity contribution < 1.29 is 9.59 Å². The third kappa shape index (κ3) is 4.59. The van der Waals surface area contributed by atoms with E-state index in [1.807, 2.05) is 18.4 Å². The number of hydrogen-bond donors (Lipinski definition) is 3. The van der Waals surface area contributed by atoms with Crippen molar-refractivity contribution in [2.24, 2.45) is 0 Å². The molecule has 0 saturated carbocycles. The van der Waals surface area contributed by atoms with Crippen molar-refractivity contribution in [3.63, 3.8) is 0 Å². The highest BCUT2D eigenvalue weighted by Gasteiger charge is 2.22. The van der Waals surface area contributed by atoms with Crippen LogP contribution in [0.15, 0.2) is 49.1 Å². The van der Waals surface area contributed by atoms with E-state index in [2.05, 4.69) is 25.6 Å². The molecule has 0 saturated heterocycles. The minimum Gasteiger partial charge on any atom is -0.383 e. The first-order valence-corrected chi connectivity index (χ1v) is 10.6. The third-order valence-corrected chi connectivity index (χ3v) is 5.42. The number of hydrogen-bond acceptors (Lipinski definition) is 6. The Morgan fingerprint density at radius 3 is 2.58 bits per heavy atom. The maximum Gasteiger partial charge on any atom is 0.323 e. The standard InChI is InChI=1S/C22H19Cl2N7O2/c1-11(2)31-9-14(18-20(25)27-10-28-21(18)31)19(32)17-8-13(5-6-26-17)29-22(33)30-16-4-3-12(23)7-15(16)24/h3-11H,1-2H3,(H2,25,27,28)(H2,26,29,30,33). The van der Waals surface area contributed by atoms with E-state index in [-0.39, 0.29) is 23.3 Å². The predicted molar refractivity (Wildman–Crippen MR) is 129 cm³/mol. The molecule has 33 heavy (non-hydrogen) atoms. The number of nitrogens with two attached hydrogens (primary N) is 1. The Bertz CT molecular complexity index is 1380. The van der Waals surface area contributed by atoms with Crippen LogP contribution in [0.5, 0.6) is 0 Å². The second-order valence-corrected chi connectivity index (χ2v) is 8.31. The van der Waals surface area contributed by atoms with Gasteiger partial charge in [-0.25, -0.2) is 14.8 Å². The molecule has 4 aromatic rings. The lowest BCUT2D eigenvalue weighted by molar-refractivity contribution is 0.103. The van der Waals surface area contributed by atoms with Gasteiger partial charge in [0.2, 0.25) is 5.78 Å². The van der Waals surface area contributed by atoms with E-state index >= 15 is 0 Å². The Kier molecular flexibility index (Phi) is 6.17. The molecule has 0 spiro atoms. The molecule has 11 heteroatoms. The van der Waals surface area contributed by atoms with Crippen molar-refractivity contribution in [3.05, 3.63) is 70.4 Å². The van der Waals surface area contributed by atoms with Gasteiger partial charge in [0.15, 0.2) is 0 Å². The number of carbonyl (C=O) groups is 2. The molecule has 4 N–H and O–H groups in total. The topological polar surface area (TPSA) is 128 Å². The highest BCUT2D eigenvalue weighted by atomic mass is 35.5. The summed E-state index contributed by atoms with van der Waals surface area (Å²) in [5.41, 5.74) is 7.84. The van der Waals surface area contributed by atoms with E-state index in [9.17, 15) is 9.59 Å². The van der Waals surface area contributed by atoms with Gasteiger partial charge in [0.1, 0.15) is 23.5 Å². The average Bonchev–Trinajstić information content (AvgIpc) is 3.17. The molecule has 3 heterocycles. The van der Waals surface area contributed by atoms with Gasteiger partial charge < -0.3 is 20.9 Å². The van der Waals surface area contributed by atoms with Crippen molar-refractivity contribution in [2.75, 3.05) is 16.4 Å². The summed E-state index contributed by atoms with van der Waals surface area (Å²) in [5.74, 6) is -0.165. The Labute approximate surface area is 198 Å². The lowest BCUT2D eigenvalue weighted by Crippen LogP contribution is -2.20. The minimum absolute atomic E-state index is 0.0488. The Morgan fingerprint density at radius 2 is 1.85 bits per heavy atom. The zero-order valence-corrected chi connectivity index (χ0v) is 19.1. The molecule has 0 aliphatic carbocycles. The van der Waals surface area contributed by atoms with Crippen molar-refractivity contribution in [1.29, 1.82) is 0 Å². The third-order valence-electron chi connectivity index (χ3n) is 4.87. The van der Waals surface area contributed by atoms with Gasteiger partial charge in [0.25, 0.3) is 0 Å². The van der Waals surface area contributed by atoms with Gasteiger partial charge in [-0.15, -0.1) is 0 Å². The number of ketones is 1. The van der Waals surface area contributed by atoms with E-state index in [0.717, 1.165) is 0 Å².